The van der Waals surface area contributed by atoms with Gasteiger partial charge in [0.15, 0.2) is 0 Å². The summed E-state index contributed by atoms with van der Waals surface area (Å²) in [4.78, 5) is 15.1. The smallest absolute Gasteiger partial charge is 0.230 e. The van der Waals surface area contributed by atoms with Crippen LogP contribution in [0.4, 0.5) is 5.69 Å². The molecular formula is C17H26N2O. The standard InChI is InChI=1S/C17H26N2O/c1-4-17(10-12-19(13-11-17)14(2)3)16(20)18-15-8-6-5-7-9-15/h5-9,14H,4,10-13H2,1-3H3,(H,18,20). The summed E-state index contributed by atoms with van der Waals surface area (Å²) in [5.74, 6) is 0.189. The second-order valence-corrected chi connectivity index (χ2v) is 6.08. The Morgan fingerprint density at radius 1 is 1.25 bits per heavy atom. The summed E-state index contributed by atoms with van der Waals surface area (Å²) in [6.45, 7) is 8.63. The molecule has 1 N–H and O–H groups in total. The lowest BCUT2D eigenvalue weighted by Gasteiger charge is -2.41. The zero-order valence-electron chi connectivity index (χ0n) is 12.9. The molecule has 0 aromatic heterocycles. The molecule has 3 heteroatoms. The predicted octanol–water partition coefficient (Wildman–Crippen LogP) is 3.53. The molecule has 3 nitrogen and oxygen atoms in total. The fourth-order valence-corrected chi connectivity index (χ4v) is 2.99. The zero-order chi connectivity index (χ0) is 14.6. The van der Waals surface area contributed by atoms with Gasteiger partial charge in [-0.3, -0.25) is 4.79 Å². The van der Waals surface area contributed by atoms with Crippen molar-refractivity contribution in [3.8, 4) is 0 Å². The Hall–Kier alpha value is -1.35. The lowest BCUT2D eigenvalue weighted by molar-refractivity contribution is -0.129. The minimum atomic E-state index is -0.193. The van der Waals surface area contributed by atoms with Gasteiger partial charge in [-0.1, -0.05) is 25.1 Å². The molecule has 110 valence electrons. The molecule has 0 aliphatic carbocycles. The number of carbonyl (C=O) groups excluding carboxylic acids is 1. The largest absolute Gasteiger partial charge is 0.326 e. The number of piperidine rings is 1. The van der Waals surface area contributed by atoms with E-state index in [-0.39, 0.29) is 11.3 Å². The molecule has 0 atom stereocenters. The van der Waals surface area contributed by atoms with E-state index >= 15 is 0 Å². The Morgan fingerprint density at radius 3 is 2.35 bits per heavy atom. The van der Waals surface area contributed by atoms with Crippen LogP contribution in [0.15, 0.2) is 30.3 Å². The van der Waals surface area contributed by atoms with Crippen molar-refractivity contribution in [3.63, 3.8) is 0 Å². The van der Waals surface area contributed by atoms with Crippen molar-refractivity contribution < 1.29 is 4.79 Å². The van der Waals surface area contributed by atoms with Crippen molar-refractivity contribution in [1.82, 2.24) is 4.90 Å². The molecule has 1 saturated heterocycles. The Morgan fingerprint density at radius 2 is 1.85 bits per heavy atom. The topological polar surface area (TPSA) is 32.3 Å². The van der Waals surface area contributed by atoms with Crippen LogP contribution in [0, 0.1) is 5.41 Å². The van der Waals surface area contributed by atoms with Gasteiger partial charge in [0, 0.05) is 11.7 Å². The first-order valence-corrected chi connectivity index (χ1v) is 7.68. The normalized spacial score (nSPS) is 19.0. The fraction of sp³-hybridized carbons (Fsp3) is 0.588. The van der Waals surface area contributed by atoms with Gasteiger partial charge in [0.05, 0.1) is 5.41 Å². The third-order valence-corrected chi connectivity index (χ3v) is 4.68. The van der Waals surface area contributed by atoms with Crippen molar-refractivity contribution >= 4 is 11.6 Å². The van der Waals surface area contributed by atoms with Crippen LogP contribution in [-0.4, -0.2) is 29.9 Å². The van der Waals surface area contributed by atoms with Crippen LogP contribution in [0.5, 0.6) is 0 Å². The molecule has 20 heavy (non-hydrogen) atoms. The molecular weight excluding hydrogens is 248 g/mol. The van der Waals surface area contributed by atoms with E-state index in [0.29, 0.717) is 6.04 Å². The summed E-state index contributed by atoms with van der Waals surface area (Å²) in [6.07, 6.45) is 2.83. The lowest BCUT2D eigenvalue weighted by Crippen LogP contribution is -2.48. The molecule has 0 bridgehead atoms. The van der Waals surface area contributed by atoms with Gasteiger partial charge in [-0.2, -0.15) is 0 Å². The first-order valence-electron chi connectivity index (χ1n) is 7.68. The molecule has 1 aromatic carbocycles. The van der Waals surface area contributed by atoms with Crippen LogP contribution in [0.1, 0.15) is 40.0 Å². The van der Waals surface area contributed by atoms with E-state index in [2.05, 4.69) is 31.0 Å². The summed E-state index contributed by atoms with van der Waals surface area (Å²) < 4.78 is 0. The highest BCUT2D eigenvalue weighted by Gasteiger charge is 2.40. The Bertz CT molecular complexity index is 434. The minimum Gasteiger partial charge on any atom is -0.326 e. The van der Waals surface area contributed by atoms with Crippen LogP contribution < -0.4 is 5.32 Å². The number of likely N-dealkylation sites (tertiary alicyclic amines) is 1. The number of anilines is 1. The van der Waals surface area contributed by atoms with E-state index in [1.54, 1.807) is 0 Å². The van der Waals surface area contributed by atoms with Crippen molar-refractivity contribution in [3.05, 3.63) is 30.3 Å². The van der Waals surface area contributed by atoms with Crippen LogP contribution in [0.25, 0.3) is 0 Å². The third-order valence-electron chi connectivity index (χ3n) is 4.68. The highest BCUT2D eigenvalue weighted by molar-refractivity contribution is 5.95. The van der Waals surface area contributed by atoms with Crippen LogP contribution in [0.2, 0.25) is 0 Å². The fourth-order valence-electron chi connectivity index (χ4n) is 2.99. The number of benzene rings is 1. The van der Waals surface area contributed by atoms with E-state index < -0.39 is 0 Å². The Labute approximate surface area is 122 Å². The molecule has 0 saturated carbocycles. The third kappa shape index (κ3) is 3.21. The molecule has 0 radical (unpaired) electrons. The van der Waals surface area contributed by atoms with E-state index in [1.165, 1.54) is 0 Å². The maximum atomic E-state index is 12.7. The maximum Gasteiger partial charge on any atom is 0.230 e. The number of para-hydroxylation sites is 1. The van der Waals surface area contributed by atoms with Crippen molar-refractivity contribution in [1.29, 1.82) is 0 Å². The van der Waals surface area contributed by atoms with E-state index in [4.69, 9.17) is 0 Å². The molecule has 2 rings (SSSR count). The van der Waals surface area contributed by atoms with Crippen molar-refractivity contribution in [2.75, 3.05) is 18.4 Å². The number of nitrogens with zero attached hydrogens (tertiary/aromatic N) is 1. The van der Waals surface area contributed by atoms with Gasteiger partial charge < -0.3 is 10.2 Å². The first-order chi connectivity index (χ1) is 9.57. The molecule has 1 amide bonds. The van der Waals surface area contributed by atoms with Crippen LogP contribution in [0.3, 0.4) is 0 Å². The molecule has 0 unspecified atom stereocenters. The molecule has 1 aromatic rings. The summed E-state index contributed by atoms with van der Waals surface area (Å²) in [5, 5.41) is 3.09. The van der Waals surface area contributed by atoms with Crippen molar-refractivity contribution in [2.24, 2.45) is 5.41 Å². The average Bonchev–Trinajstić information content (AvgIpc) is 2.48. The van der Waals surface area contributed by atoms with Gasteiger partial charge in [-0.15, -0.1) is 0 Å². The summed E-state index contributed by atoms with van der Waals surface area (Å²) in [7, 11) is 0. The second-order valence-electron chi connectivity index (χ2n) is 6.08. The van der Waals surface area contributed by atoms with E-state index in [1.807, 2.05) is 30.3 Å². The Kier molecular flexibility index (Phi) is 4.81. The number of amides is 1. The lowest BCUT2D eigenvalue weighted by atomic mass is 9.75. The second kappa shape index (κ2) is 6.40. The molecule has 1 aliphatic rings. The first kappa shape index (κ1) is 15.0. The summed E-state index contributed by atoms with van der Waals surface area (Å²) in [6, 6.07) is 10.3. The Balaban J connectivity index is 2.03. The van der Waals surface area contributed by atoms with Crippen LogP contribution in [-0.2, 0) is 4.79 Å². The number of hydrogen-bond donors (Lipinski definition) is 1. The highest BCUT2D eigenvalue weighted by atomic mass is 16.2. The van der Waals surface area contributed by atoms with Crippen molar-refractivity contribution in [2.45, 2.75) is 46.1 Å². The van der Waals surface area contributed by atoms with Gasteiger partial charge in [0.1, 0.15) is 0 Å². The number of nitrogens with one attached hydrogen (secondary N) is 1. The maximum absolute atomic E-state index is 12.7. The van der Waals surface area contributed by atoms with E-state index in [9.17, 15) is 4.79 Å². The minimum absolute atomic E-state index is 0.189. The van der Waals surface area contributed by atoms with Crippen LogP contribution >= 0.6 is 0 Å². The van der Waals surface area contributed by atoms with Gasteiger partial charge in [0.25, 0.3) is 0 Å². The molecule has 1 heterocycles. The number of rotatable bonds is 4. The average molecular weight is 274 g/mol. The summed E-state index contributed by atoms with van der Waals surface area (Å²) >= 11 is 0. The summed E-state index contributed by atoms with van der Waals surface area (Å²) in [5.41, 5.74) is 0.706. The van der Waals surface area contributed by atoms with Gasteiger partial charge >= 0.3 is 0 Å². The van der Waals surface area contributed by atoms with Gasteiger partial charge in [0.2, 0.25) is 5.91 Å². The molecule has 0 spiro atoms. The quantitative estimate of drug-likeness (QED) is 0.911. The van der Waals surface area contributed by atoms with E-state index in [0.717, 1.165) is 38.0 Å². The number of carbonyl (C=O) groups is 1. The van der Waals surface area contributed by atoms with Gasteiger partial charge in [-0.05, 0) is 58.3 Å². The molecule has 1 fully saturated rings. The van der Waals surface area contributed by atoms with Gasteiger partial charge in [-0.25, -0.2) is 0 Å². The predicted molar refractivity (Wildman–Crippen MR) is 83.7 cm³/mol. The zero-order valence-corrected chi connectivity index (χ0v) is 12.9. The molecule has 1 aliphatic heterocycles. The number of hydrogen-bond acceptors (Lipinski definition) is 2. The SMILES string of the molecule is CCC1(C(=O)Nc2ccccc2)CCN(C(C)C)CC1. The monoisotopic (exact) mass is 274 g/mol. The highest BCUT2D eigenvalue weighted by Crippen LogP contribution is 2.36.